The van der Waals surface area contributed by atoms with E-state index in [-0.39, 0.29) is 18.9 Å². The van der Waals surface area contributed by atoms with Crippen LogP contribution in [0.1, 0.15) is 12.8 Å². The van der Waals surface area contributed by atoms with Gasteiger partial charge in [-0.2, -0.15) is 0 Å². The third kappa shape index (κ3) is 4.23. The van der Waals surface area contributed by atoms with Gasteiger partial charge in [0, 0.05) is 6.61 Å². The molecule has 0 aliphatic carbocycles. The summed E-state index contributed by atoms with van der Waals surface area (Å²) < 4.78 is 0. The Hall–Kier alpha value is 0.130. The number of halogens is 1. The molecule has 0 rings (SSSR count). The van der Waals surface area contributed by atoms with E-state index in [1.807, 2.05) is 0 Å². The van der Waals surface area contributed by atoms with Crippen molar-refractivity contribution < 1.29 is 20.4 Å². The molecular formula is C7H15ClO4. The first-order valence-electron chi connectivity index (χ1n) is 3.84. The standard InChI is InChI=1S/C7H15ClO4/c8-4-6(11)7(12)5(10)2-1-3-9/h5-7,9-12H,1-4H2. The third-order valence-electron chi connectivity index (χ3n) is 1.60. The average molecular weight is 199 g/mol. The van der Waals surface area contributed by atoms with Crippen LogP contribution in [0.2, 0.25) is 0 Å². The quantitative estimate of drug-likeness (QED) is 0.416. The summed E-state index contributed by atoms with van der Waals surface area (Å²) in [5.74, 6) is -0.114. The van der Waals surface area contributed by atoms with Crippen LogP contribution in [-0.4, -0.2) is 51.2 Å². The second-order valence-corrected chi connectivity index (χ2v) is 2.95. The molecule has 3 unspecified atom stereocenters. The molecule has 0 saturated carbocycles. The first-order chi connectivity index (χ1) is 5.63. The third-order valence-corrected chi connectivity index (χ3v) is 1.92. The van der Waals surface area contributed by atoms with E-state index in [1.54, 1.807) is 0 Å². The molecular weight excluding hydrogens is 184 g/mol. The molecule has 0 aromatic rings. The Morgan fingerprint density at radius 2 is 1.67 bits per heavy atom. The number of rotatable bonds is 6. The molecule has 3 atom stereocenters. The fourth-order valence-electron chi connectivity index (χ4n) is 0.819. The van der Waals surface area contributed by atoms with Gasteiger partial charge < -0.3 is 20.4 Å². The summed E-state index contributed by atoms with van der Waals surface area (Å²) in [4.78, 5) is 0. The molecule has 0 aromatic carbocycles. The predicted molar refractivity (Wildman–Crippen MR) is 45.1 cm³/mol. The molecule has 0 fully saturated rings. The summed E-state index contributed by atoms with van der Waals surface area (Å²) in [5, 5.41) is 35.7. The SMILES string of the molecule is OCCCC(O)C(O)C(O)CCl. The van der Waals surface area contributed by atoms with Crippen LogP contribution in [0.25, 0.3) is 0 Å². The van der Waals surface area contributed by atoms with Gasteiger partial charge in [0.05, 0.1) is 18.1 Å². The minimum atomic E-state index is -1.23. The normalized spacial score (nSPS) is 18.8. The van der Waals surface area contributed by atoms with Crippen LogP contribution in [0.5, 0.6) is 0 Å². The zero-order valence-corrected chi connectivity index (χ0v) is 7.48. The lowest BCUT2D eigenvalue weighted by Gasteiger charge is -2.20. The Morgan fingerprint density at radius 3 is 2.08 bits per heavy atom. The van der Waals surface area contributed by atoms with Crippen LogP contribution in [0.3, 0.4) is 0 Å². The smallest absolute Gasteiger partial charge is 0.107 e. The number of aliphatic hydroxyl groups is 4. The molecule has 5 heteroatoms. The van der Waals surface area contributed by atoms with Crippen LogP contribution in [0.4, 0.5) is 0 Å². The molecule has 0 heterocycles. The van der Waals surface area contributed by atoms with E-state index in [4.69, 9.17) is 26.9 Å². The van der Waals surface area contributed by atoms with E-state index in [1.165, 1.54) is 0 Å². The van der Waals surface area contributed by atoms with E-state index in [0.29, 0.717) is 6.42 Å². The zero-order chi connectivity index (χ0) is 9.56. The highest BCUT2D eigenvalue weighted by Gasteiger charge is 2.22. The number of hydrogen-bond acceptors (Lipinski definition) is 4. The maximum atomic E-state index is 9.17. The Balaban J connectivity index is 3.67. The highest BCUT2D eigenvalue weighted by molar-refractivity contribution is 6.18. The lowest BCUT2D eigenvalue weighted by Crippen LogP contribution is -2.38. The van der Waals surface area contributed by atoms with E-state index >= 15 is 0 Å². The monoisotopic (exact) mass is 198 g/mol. The van der Waals surface area contributed by atoms with Crippen LogP contribution < -0.4 is 0 Å². The molecule has 4 N–H and O–H groups in total. The van der Waals surface area contributed by atoms with E-state index in [0.717, 1.165) is 0 Å². The van der Waals surface area contributed by atoms with Gasteiger partial charge in [0.2, 0.25) is 0 Å². The maximum absolute atomic E-state index is 9.17. The van der Waals surface area contributed by atoms with E-state index in [9.17, 15) is 5.11 Å². The minimum Gasteiger partial charge on any atom is -0.396 e. The predicted octanol–water partition coefficient (Wildman–Crippen LogP) is -0.920. The average Bonchev–Trinajstić information content (AvgIpc) is 2.11. The summed E-state index contributed by atoms with van der Waals surface area (Å²) in [6, 6.07) is 0. The van der Waals surface area contributed by atoms with Crippen molar-refractivity contribution in [2.45, 2.75) is 31.2 Å². The van der Waals surface area contributed by atoms with Crippen LogP contribution in [0.15, 0.2) is 0 Å². The van der Waals surface area contributed by atoms with E-state index < -0.39 is 18.3 Å². The van der Waals surface area contributed by atoms with Crippen molar-refractivity contribution in [3.05, 3.63) is 0 Å². The molecule has 12 heavy (non-hydrogen) atoms. The molecule has 0 aromatic heterocycles. The van der Waals surface area contributed by atoms with Crippen molar-refractivity contribution in [2.75, 3.05) is 12.5 Å². The van der Waals surface area contributed by atoms with Crippen molar-refractivity contribution in [3.63, 3.8) is 0 Å². The summed E-state index contributed by atoms with van der Waals surface area (Å²) in [5.41, 5.74) is 0. The first-order valence-corrected chi connectivity index (χ1v) is 4.38. The Kier molecular flexibility index (Phi) is 6.70. The number of aliphatic hydroxyl groups excluding tert-OH is 4. The van der Waals surface area contributed by atoms with Crippen molar-refractivity contribution in [1.29, 1.82) is 0 Å². The molecule has 74 valence electrons. The highest BCUT2D eigenvalue weighted by Crippen LogP contribution is 2.07. The van der Waals surface area contributed by atoms with Gasteiger partial charge in [-0.1, -0.05) is 0 Å². The largest absolute Gasteiger partial charge is 0.396 e. The second kappa shape index (κ2) is 6.62. The summed E-state index contributed by atoms with van der Waals surface area (Å²) in [6.07, 6.45) is -2.71. The molecule has 0 amide bonds. The summed E-state index contributed by atoms with van der Waals surface area (Å²) in [6.45, 7) is -0.0409. The molecule has 0 aliphatic rings. The van der Waals surface area contributed by atoms with Gasteiger partial charge in [0.1, 0.15) is 6.10 Å². The molecule has 0 saturated heterocycles. The van der Waals surface area contributed by atoms with Crippen molar-refractivity contribution >= 4 is 11.6 Å². The minimum absolute atomic E-state index is 0.0409. The summed E-state index contributed by atoms with van der Waals surface area (Å²) in [7, 11) is 0. The topological polar surface area (TPSA) is 80.9 Å². The summed E-state index contributed by atoms with van der Waals surface area (Å²) >= 11 is 5.25. The van der Waals surface area contributed by atoms with Gasteiger partial charge >= 0.3 is 0 Å². The highest BCUT2D eigenvalue weighted by atomic mass is 35.5. The van der Waals surface area contributed by atoms with E-state index in [2.05, 4.69) is 0 Å². The Morgan fingerprint density at radius 1 is 1.08 bits per heavy atom. The maximum Gasteiger partial charge on any atom is 0.107 e. The number of hydrogen-bond donors (Lipinski definition) is 4. The molecule has 0 aliphatic heterocycles. The Bertz CT molecular complexity index is 112. The zero-order valence-electron chi connectivity index (χ0n) is 6.73. The fraction of sp³-hybridized carbons (Fsp3) is 1.00. The van der Waals surface area contributed by atoms with Gasteiger partial charge in [-0.05, 0) is 12.8 Å². The second-order valence-electron chi connectivity index (χ2n) is 2.65. The van der Waals surface area contributed by atoms with Gasteiger partial charge in [0.15, 0.2) is 0 Å². The van der Waals surface area contributed by atoms with Crippen LogP contribution in [-0.2, 0) is 0 Å². The molecule has 0 spiro atoms. The molecule has 0 bridgehead atoms. The Labute approximate surface area is 76.4 Å². The van der Waals surface area contributed by atoms with Crippen molar-refractivity contribution in [1.82, 2.24) is 0 Å². The van der Waals surface area contributed by atoms with Gasteiger partial charge in [-0.25, -0.2) is 0 Å². The fourth-order valence-corrected chi connectivity index (χ4v) is 1.00. The first kappa shape index (κ1) is 12.1. The lowest BCUT2D eigenvalue weighted by molar-refractivity contribution is -0.0546. The van der Waals surface area contributed by atoms with Crippen LogP contribution in [0, 0.1) is 0 Å². The molecule has 0 radical (unpaired) electrons. The van der Waals surface area contributed by atoms with Gasteiger partial charge in [-0.3, -0.25) is 0 Å². The van der Waals surface area contributed by atoms with Gasteiger partial charge in [-0.15, -0.1) is 11.6 Å². The van der Waals surface area contributed by atoms with Crippen LogP contribution >= 0.6 is 11.6 Å². The lowest BCUT2D eigenvalue weighted by atomic mass is 10.1. The van der Waals surface area contributed by atoms with Crippen molar-refractivity contribution in [3.8, 4) is 0 Å². The molecule has 4 nitrogen and oxygen atoms in total. The van der Waals surface area contributed by atoms with Gasteiger partial charge in [0.25, 0.3) is 0 Å². The number of alkyl halides is 1. The van der Waals surface area contributed by atoms with Crippen molar-refractivity contribution in [2.24, 2.45) is 0 Å².